The van der Waals surface area contributed by atoms with Crippen molar-refractivity contribution in [3.63, 3.8) is 0 Å². The fourth-order valence-electron chi connectivity index (χ4n) is 11.6. The van der Waals surface area contributed by atoms with Gasteiger partial charge in [0.25, 0.3) is 19.1 Å². The van der Waals surface area contributed by atoms with Crippen molar-refractivity contribution in [2.75, 3.05) is 53.7 Å². The summed E-state index contributed by atoms with van der Waals surface area (Å²) < 4.78 is 56.4. The van der Waals surface area contributed by atoms with Crippen molar-refractivity contribution in [1.82, 2.24) is 0 Å². The number of Topliss-reactive ketones (excluding diaryl/α,β-unsaturated/α-hetero) is 2. The number of carbonyl (C=O) groups is 2. The topological polar surface area (TPSA) is 416 Å². The van der Waals surface area contributed by atoms with Gasteiger partial charge in [-0.25, -0.2) is 16.8 Å². The number of benzene rings is 8. The summed E-state index contributed by atoms with van der Waals surface area (Å²) in [6.45, 7) is 53.2. The van der Waals surface area contributed by atoms with Crippen LogP contribution in [0.1, 0.15) is 329 Å². The maximum Gasteiger partial charge on any atom is 0.261 e. The molecular formula is C108H166ClI3N6O15S2. The van der Waals surface area contributed by atoms with E-state index in [1.807, 2.05) is 95.3 Å². The number of ether oxygens (including phenoxy) is 1. The van der Waals surface area contributed by atoms with E-state index in [0.717, 1.165) is 131 Å². The highest BCUT2D eigenvalue weighted by atomic mass is 128. The number of halogens is 4. The smallest absolute Gasteiger partial charge is 0.261 e. The third kappa shape index (κ3) is 53.6. The standard InChI is InChI=1S/C23H31NO5S.2C15H25NO.C15H21NO.C10H14IN.C10H15N.C8H7ClO4S.C5H8O.C4H8O.CH4O.2CH4.I2/c1-6-18(26)9-7-16-13-17(23(3,4)5)8-11-21(16)24-30(28,29)19-10-12-22(27)20(14-19)15(2)25;3*1-5-13(17)8-6-11-10-12(15(2,3)4)7-9-14(11)16;1-10(2,3)7-4-5-9(12)8(11)6-7;1-10(2,3)8-4-6-9(11)7-5-8;1-5(10)7-4-6(14(9,12)13)2-3-8(7)11;1-3-5(6)4-2;1-2-4-5-3-1;1-2;;;1-2/h8,10-14,18,24,26-27H,6-7,9H2,1-5H3;2*7,9-10,13,17H,5-6,8,16H2,1-4H3;7,9-10,13,17H,5,16H2,1-4H3;4-6H,12H2,1-3H3;4-7H,11H2,1-3H3;2-4,11H,1H3;1,5-6H,4H2,2H3;1-4H2;2H,1H3;2*1H4;. The van der Waals surface area contributed by atoms with E-state index in [-0.39, 0.29) is 92.0 Å². The molecule has 19 N–H and O–H groups in total. The van der Waals surface area contributed by atoms with Gasteiger partial charge in [-0.3, -0.25) is 14.3 Å². The molecule has 1 aliphatic rings. The van der Waals surface area contributed by atoms with Gasteiger partial charge in [0, 0.05) is 106 Å². The zero-order valence-electron chi connectivity index (χ0n) is 83.7. The molecule has 21 nitrogen and oxygen atoms in total. The van der Waals surface area contributed by atoms with E-state index in [9.17, 15) is 57.1 Å². The van der Waals surface area contributed by atoms with Crippen molar-refractivity contribution in [3.05, 3.63) is 222 Å². The van der Waals surface area contributed by atoms with Crippen molar-refractivity contribution in [2.45, 2.75) is 344 Å². The molecule has 8 aromatic carbocycles. The first kappa shape index (κ1) is 134. The molecule has 9 rings (SSSR count). The summed E-state index contributed by atoms with van der Waals surface area (Å²) in [4.78, 5) is 22.3. The van der Waals surface area contributed by atoms with E-state index in [2.05, 4.69) is 255 Å². The number of aromatic hydroxyl groups is 2. The van der Waals surface area contributed by atoms with E-state index in [1.165, 1.54) is 72.7 Å². The van der Waals surface area contributed by atoms with E-state index < -0.39 is 49.0 Å². The van der Waals surface area contributed by atoms with Crippen LogP contribution in [0.2, 0.25) is 0 Å². The molecule has 1 fully saturated rings. The number of sulfonamides is 1. The van der Waals surface area contributed by atoms with Gasteiger partial charge in [0.2, 0.25) is 0 Å². The van der Waals surface area contributed by atoms with Crippen molar-refractivity contribution in [3.8, 4) is 35.7 Å². The third-order valence-corrected chi connectivity index (χ3v) is 24.6. The molecule has 135 heavy (non-hydrogen) atoms. The second-order valence-corrected chi connectivity index (χ2v) is 43.7. The number of nitrogens with one attached hydrogen (secondary N) is 1. The van der Waals surface area contributed by atoms with Crippen LogP contribution >= 0.6 is 70.5 Å². The molecule has 27 heteroatoms. The van der Waals surface area contributed by atoms with Crippen molar-refractivity contribution in [2.24, 2.45) is 0 Å². The van der Waals surface area contributed by atoms with Crippen LogP contribution in [0.5, 0.6) is 11.5 Å². The van der Waals surface area contributed by atoms with Crippen LogP contribution in [-0.2, 0) is 75.6 Å². The summed E-state index contributed by atoms with van der Waals surface area (Å²) in [5, 5.41) is 73.0. The minimum atomic E-state index is -3.98. The predicted octanol–water partition coefficient (Wildman–Crippen LogP) is 24.7. The van der Waals surface area contributed by atoms with Gasteiger partial charge in [0.05, 0.1) is 44.9 Å². The summed E-state index contributed by atoms with van der Waals surface area (Å²) in [5.74, 6) is 6.54. The number of ketones is 2. The van der Waals surface area contributed by atoms with Gasteiger partial charge >= 0.3 is 0 Å². The quantitative estimate of drug-likeness (QED) is 0.0111. The molecule has 8 aromatic rings. The van der Waals surface area contributed by atoms with Gasteiger partial charge in [-0.15, -0.1) is 6.42 Å². The molecular weight excluding hydrogens is 2100 g/mol. The summed E-state index contributed by atoms with van der Waals surface area (Å²) in [6.07, 6.45) is 13.2. The third-order valence-electron chi connectivity index (χ3n) is 20.9. The Morgan fingerprint density at radius 3 is 1.08 bits per heavy atom. The molecule has 0 radical (unpaired) electrons. The number of nitrogen functional groups attached to an aromatic ring is 5. The highest BCUT2D eigenvalue weighted by molar-refractivity contribution is 15.0. The number of aryl methyl sites for hydroxylation is 3. The summed E-state index contributed by atoms with van der Waals surface area (Å²) in [6, 6.07) is 45.2. The number of terminal acetylenes is 1. The lowest BCUT2D eigenvalue weighted by atomic mass is 9.85. The molecule has 5 atom stereocenters. The Balaban J connectivity index is -0.000000735. The Morgan fingerprint density at radius 1 is 0.444 bits per heavy atom. The number of carbonyl (C=O) groups excluding carboxylic acids is 2. The second-order valence-electron chi connectivity index (χ2n) is 38.3. The largest absolute Gasteiger partial charge is 0.507 e. The molecule has 0 bridgehead atoms. The number of phenols is 2. The minimum absolute atomic E-state index is 0. The van der Waals surface area contributed by atoms with Crippen LogP contribution in [0.3, 0.4) is 0 Å². The van der Waals surface area contributed by atoms with Gasteiger partial charge in [-0.1, -0.05) is 253 Å². The Bertz CT molecular complexity index is 5090. The fourth-order valence-corrected chi connectivity index (χ4v) is 14.1. The maximum absolute atomic E-state index is 13.0. The normalized spacial score (nSPS) is 12.7. The number of hydrogen-bond donors (Lipinski definition) is 14. The molecule has 1 saturated heterocycles. The van der Waals surface area contributed by atoms with Crippen LogP contribution in [-0.4, -0.2) is 120 Å². The molecule has 1 aliphatic heterocycles. The predicted molar refractivity (Wildman–Crippen MR) is 598 cm³/mol. The Kier molecular flexibility index (Phi) is 64.4. The van der Waals surface area contributed by atoms with Crippen molar-refractivity contribution >= 4 is 135 Å². The van der Waals surface area contributed by atoms with E-state index >= 15 is 0 Å². The van der Waals surface area contributed by atoms with Crippen molar-refractivity contribution < 1.29 is 72.0 Å². The average molecular weight is 2270 g/mol. The Morgan fingerprint density at radius 2 is 0.763 bits per heavy atom. The van der Waals surface area contributed by atoms with E-state index in [0.29, 0.717) is 43.5 Å². The highest BCUT2D eigenvalue weighted by Gasteiger charge is 2.25. The fraction of sp³-hybridized carbons (Fsp3) is 0.500. The van der Waals surface area contributed by atoms with E-state index in [4.69, 9.17) is 60.7 Å². The van der Waals surface area contributed by atoms with Gasteiger partial charge in [-0.05, 0) is 293 Å². The van der Waals surface area contributed by atoms with Crippen LogP contribution in [0.25, 0.3) is 0 Å². The second kappa shape index (κ2) is 64.9. The Labute approximate surface area is 855 Å². The molecule has 0 amide bonds. The van der Waals surface area contributed by atoms with Gasteiger partial charge < -0.3 is 74.3 Å². The zero-order chi connectivity index (χ0) is 103. The monoisotopic (exact) mass is 2270 g/mol. The first-order valence-corrected chi connectivity index (χ1v) is 56.0. The Hall–Kier alpha value is -7.28. The average Bonchev–Trinajstić information content (AvgIpc) is 0.885. The lowest BCUT2D eigenvalue weighted by Gasteiger charge is -2.22. The first-order chi connectivity index (χ1) is 61.4. The lowest BCUT2D eigenvalue weighted by Crippen LogP contribution is -2.17. The number of aliphatic hydroxyl groups is 6. The molecule has 758 valence electrons. The number of nitrogens with two attached hydrogens (primary N) is 5. The SMILES string of the molecule is C.C.C#CC(O)CC.C1CCOC1.CC(=O)c1cc(S(=O)(=O)Cl)ccc1O.CC(C)(C)c1ccc(N)c(I)c1.CC(C)(C)c1ccc(N)cc1.CCC(O)C#Cc1cc(C(C)(C)C)ccc1N.CCC(O)CCc1cc(C(C)(C)C)ccc1N.CCC(O)CCc1cc(C(C)(C)C)ccc1N.CCC(O)CCc1cc(C(C)(C)C)ccc1NS(=O)(=O)c1ccc(O)c(C(C)=O)c1.CO.II. The minimum Gasteiger partial charge on any atom is -0.507 e. The highest BCUT2D eigenvalue weighted by Crippen LogP contribution is 2.35. The molecule has 5 unspecified atom stereocenters. The van der Waals surface area contributed by atoms with Crippen LogP contribution < -0.4 is 33.4 Å². The van der Waals surface area contributed by atoms with Gasteiger partial charge in [0.15, 0.2) is 11.6 Å². The van der Waals surface area contributed by atoms with E-state index in [1.54, 1.807) is 6.07 Å². The number of phenolic OH excluding ortho intramolecular Hbond substituents is 2. The lowest BCUT2D eigenvalue weighted by molar-refractivity contribution is 0.100. The zero-order valence-corrected chi connectivity index (χ0v) is 92.5. The maximum atomic E-state index is 13.0. The van der Waals surface area contributed by atoms with Gasteiger partial charge in [0.1, 0.15) is 23.7 Å². The van der Waals surface area contributed by atoms with Crippen LogP contribution in [0.15, 0.2) is 161 Å². The van der Waals surface area contributed by atoms with Crippen LogP contribution in [0.4, 0.5) is 34.1 Å². The molecule has 0 spiro atoms. The van der Waals surface area contributed by atoms with Crippen molar-refractivity contribution in [1.29, 1.82) is 0 Å². The number of hydrogen-bond acceptors (Lipinski definition) is 20. The number of rotatable bonds is 20. The molecule has 0 aromatic heterocycles. The number of anilines is 6. The first-order valence-electron chi connectivity index (χ1n) is 44.8. The number of aliphatic hydroxyl groups excluding tert-OH is 6. The van der Waals surface area contributed by atoms with Crippen LogP contribution in [0, 0.1) is 27.8 Å². The summed E-state index contributed by atoms with van der Waals surface area (Å²) in [5.41, 5.74) is 45.6. The summed E-state index contributed by atoms with van der Waals surface area (Å²) >= 11 is 6.50. The molecule has 0 saturated carbocycles. The molecule has 0 aliphatic carbocycles. The summed E-state index contributed by atoms with van der Waals surface area (Å²) in [7, 11) is -1.78. The van der Waals surface area contributed by atoms with Gasteiger partial charge in [-0.2, -0.15) is 0 Å². The molecule has 1 heterocycles.